The summed E-state index contributed by atoms with van der Waals surface area (Å²) in [7, 11) is -3.78. The SMILES string of the molecule is O=C(Nc1nc(-c2ccc(I)cc2)cs1)C1CCCCN1S(=O)(=O)c1ccc(Cl)s1. The second kappa shape index (κ2) is 9.21. The van der Waals surface area contributed by atoms with E-state index in [4.69, 9.17) is 11.6 Å². The zero-order valence-corrected chi connectivity index (χ0v) is 20.9. The molecule has 1 amide bonds. The van der Waals surface area contributed by atoms with E-state index in [9.17, 15) is 13.2 Å². The summed E-state index contributed by atoms with van der Waals surface area (Å²) in [5.41, 5.74) is 1.73. The molecule has 6 nitrogen and oxygen atoms in total. The molecule has 0 bridgehead atoms. The predicted molar refractivity (Wildman–Crippen MR) is 130 cm³/mol. The van der Waals surface area contributed by atoms with Gasteiger partial charge in [0.15, 0.2) is 5.13 Å². The normalized spacial score (nSPS) is 17.7. The summed E-state index contributed by atoms with van der Waals surface area (Å²) in [5.74, 6) is -0.357. The number of anilines is 1. The number of thiazole rings is 1. The molecule has 2 aromatic heterocycles. The van der Waals surface area contributed by atoms with E-state index in [0.29, 0.717) is 22.4 Å². The highest BCUT2D eigenvalue weighted by molar-refractivity contribution is 14.1. The summed E-state index contributed by atoms with van der Waals surface area (Å²) in [5, 5.41) is 5.14. The summed E-state index contributed by atoms with van der Waals surface area (Å²) < 4.78 is 29.1. The Labute approximate surface area is 201 Å². The summed E-state index contributed by atoms with van der Waals surface area (Å²) in [6.07, 6.45) is 1.98. The number of benzene rings is 1. The monoisotopic (exact) mass is 593 g/mol. The van der Waals surface area contributed by atoms with E-state index in [2.05, 4.69) is 32.9 Å². The minimum Gasteiger partial charge on any atom is -0.301 e. The van der Waals surface area contributed by atoms with Crippen molar-refractivity contribution in [3.05, 3.63) is 49.7 Å². The van der Waals surface area contributed by atoms with E-state index >= 15 is 0 Å². The highest BCUT2D eigenvalue weighted by Gasteiger charge is 2.38. The number of thiophene rings is 1. The van der Waals surface area contributed by atoms with E-state index in [1.54, 1.807) is 6.07 Å². The Balaban J connectivity index is 1.52. The number of rotatable bonds is 5. The number of sulfonamides is 1. The Hall–Kier alpha value is -1.05. The van der Waals surface area contributed by atoms with Gasteiger partial charge in [-0.05, 0) is 59.7 Å². The highest BCUT2D eigenvalue weighted by Crippen LogP contribution is 2.32. The van der Waals surface area contributed by atoms with Gasteiger partial charge in [-0.3, -0.25) is 4.79 Å². The van der Waals surface area contributed by atoms with E-state index < -0.39 is 16.1 Å². The number of nitrogens with one attached hydrogen (secondary N) is 1. The fourth-order valence-electron chi connectivity index (χ4n) is 3.28. The average Bonchev–Trinajstić information content (AvgIpc) is 3.38. The molecule has 1 aromatic carbocycles. The minimum atomic E-state index is -3.78. The van der Waals surface area contributed by atoms with Gasteiger partial charge in [0, 0.05) is 21.1 Å². The predicted octanol–water partition coefficient (Wildman–Crippen LogP) is 5.31. The lowest BCUT2D eigenvalue weighted by atomic mass is 10.0. The maximum atomic E-state index is 13.1. The lowest BCUT2D eigenvalue weighted by Crippen LogP contribution is -2.49. The van der Waals surface area contributed by atoms with E-state index in [-0.39, 0.29) is 10.1 Å². The molecule has 11 heteroatoms. The molecule has 0 spiro atoms. The third-order valence-corrected chi connectivity index (χ3v) is 9.83. The number of carbonyl (C=O) groups is 1. The van der Waals surface area contributed by atoms with Crippen LogP contribution in [0.5, 0.6) is 0 Å². The first-order chi connectivity index (χ1) is 14.3. The largest absolute Gasteiger partial charge is 0.301 e. The van der Waals surface area contributed by atoms with Crippen LogP contribution in [-0.2, 0) is 14.8 Å². The molecular formula is C19H17ClIN3O3S3. The Bertz CT molecular complexity index is 1160. The molecule has 3 aromatic rings. The van der Waals surface area contributed by atoms with E-state index in [0.717, 1.165) is 39.0 Å². The van der Waals surface area contributed by atoms with Crippen molar-refractivity contribution in [1.29, 1.82) is 0 Å². The van der Waals surface area contributed by atoms with E-state index in [1.807, 2.05) is 29.6 Å². The first kappa shape index (κ1) is 22.2. The fraction of sp³-hybridized carbons (Fsp3) is 0.263. The van der Waals surface area contributed by atoms with Crippen molar-refractivity contribution >= 4 is 77.9 Å². The fourth-order valence-corrected chi connectivity index (χ4v) is 7.63. The number of amides is 1. The third kappa shape index (κ3) is 4.73. The van der Waals surface area contributed by atoms with Crippen molar-refractivity contribution in [3.8, 4) is 11.3 Å². The molecule has 0 aliphatic carbocycles. The maximum Gasteiger partial charge on any atom is 0.253 e. The Kier molecular flexibility index (Phi) is 6.80. The van der Waals surface area contributed by atoms with Crippen LogP contribution in [0.3, 0.4) is 0 Å². The zero-order valence-electron chi connectivity index (χ0n) is 15.5. The van der Waals surface area contributed by atoms with Crippen LogP contribution in [0.4, 0.5) is 5.13 Å². The molecule has 1 fully saturated rings. The molecule has 1 aliphatic rings. The highest BCUT2D eigenvalue weighted by atomic mass is 127. The van der Waals surface area contributed by atoms with Gasteiger partial charge in [0.2, 0.25) is 5.91 Å². The van der Waals surface area contributed by atoms with Crippen LogP contribution >= 0.6 is 56.9 Å². The molecule has 3 heterocycles. The minimum absolute atomic E-state index is 0.155. The lowest BCUT2D eigenvalue weighted by molar-refractivity contribution is -0.120. The van der Waals surface area contributed by atoms with Gasteiger partial charge in [-0.15, -0.1) is 22.7 Å². The van der Waals surface area contributed by atoms with Crippen LogP contribution in [0.1, 0.15) is 19.3 Å². The Morgan fingerprint density at radius 3 is 2.67 bits per heavy atom. The van der Waals surface area contributed by atoms with Crippen LogP contribution in [0.25, 0.3) is 11.3 Å². The van der Waals surface area contributed by atoms with Gasteiger partial charge in [0.25, 0.3) is 10.0 Å². The third-order valence-electron chi connectivity index (χ3n) is 4.74. The quantitative estimate of drug-likeness (QED) is 0.407. The van der Waals surface area contributed by atoms with Gasteiger partial charge in [-0.2, -0.15) is 4.31 Å². The van der Waals surface area contributed by atoms with Crippen LogP contribution in [0.2, 0.25) is 4.34 Å². The number of aromatic nitrogens is 1. The van der Waals surface area contributed by atoms with Crippen molar-refractivity contribution in [2.24, 2.45) is 0 Å². The molecule has 30 heavy (non-hydrogen) atoms. The second-order valence-corrected chi connectivity index (χ2v) is 12.7. The van der Waals surface area contributed by atoms with Gasteiger partial charge in [-0.1, -0.05) is 30.2 Å². The van der Waals surface area contributed by atoms with Crippen molar-refractivity contribution in [3.63, 3.8) is 0 Å². The van der Waals surface area contributed by atoms with Gasteiger partial charge in [0.05, 0.1) is 10.0 Å². The Morgan fingerprint density at radius 1 is 1.20 bits per heavy atom. The van der Waals surface area contributed by atoms with Crippen molar-refractivity contribution < 1.29 is 13.2 Å². The topological polar surface area (TPSA) is 79.4 Å². The number of nitrogens with zero attached hydrogens (tertiary/aromatic N) is 2. The standard InChI is InChI=1S/C19H17ClIN3O3S3/c20-16-8-9-17(29-16)30(26,27)24-10-2-1-3-15(24)18(25)23-19-22-14(11-28-19)12-4-6-13(21)7-5-12/h4-9,11,15H,1-3,10H2,(H,22,23,25). The molecule has 1 N–H and O–H groups in total. The number of carbonyl (C=O) groups excluding carboxylic acids is 1. The lowest BCUT2D eigenvalue weighted by Gasteiger charge is -2.32. The van der Waals surface area contributed by atoms with Gasteiger partial charge in [-0.25, -0.2) is 13.4 Å². The first-order valence-electron chi connectivity index (χ1n) is 9.14. The summed E-state index contributed by atoms with van der Waals surface area (Å²) in [4.78, 5) is 17.5. The summed E-state index contributed by atoms with van der Waals surface area (Å²) >= 11 is 10.5. The maximum absolute atomic E-state index is 13.1. The average molecular weight is 594 g/mol. The molecule has 0 radical (unpaired) electrons. The Morgan fingerprint density at radius 2 is 1.97 bits per heavy atom. The number of piperidine rings is 1. The second-order valence-electron chi connectivity index (χ2n) is 6.72. The zero-order chi connectivity index (χ0) is 21.3. The van der Waals surface area contributed by atoms with Crippen molar-refractivity contribution in [2.75, 3.05) is 11.9 Å². The molecule has 4 rings (SSSR count). The van der Waals surface area contributed by atoms with Gasteiger partial charge in [0.1, 0.15) is 10.3 Å². The first-order valence-corrected chi connectivity index (χ1v) is 13.7. The smallest absolute Gasteiger partial charge is 0.253 e. The van der Waals surface area contributed by atoms with Gasteiger partial charge < -0.3 is 5.32 Å². The molecular weight excluding hydrogens is 577 g/mol. The molecule has 1 atom stereocenters. The summed E-state index contributed by atoms with van der Waals surface area (Å²) in [6.45, 7) is 0.307. The van der Waals surface area contributed by atoms with Crippen LogP contribution in [0.15, 0.2) is 46.0 Å². The van der Waals surface area contributed by atoms with Crippen LogP contribution < -0.4 is 5.32 Å². The molecule has 1 aliphatic heterocycles. The van der Waals surface area contributed by atoms with Crippen LogP contribution in [-0.4, -0.2) is 36.2 Å². The molecule has 1 saturated heterocycles. The number of hydrogen-bond donors (Lipinski definition) is 1. The van der Waals surface area contributed by atoms with Gasteiger partial charge >= 0.3 is 0 Å². The number of hydrogen-bond acceptors (Lipinski definition) is 6. The van der Waals surface area contributed by atoms with Crippen molar-refractivity contribution in [1.82, 2.24) is 9.29 Å². The number of halogens is 2. The van der Waals surface area contributed by atoms with E-state index in [1.165, 1.54) is 21.7 Å². The molecule has 1 unspecified atom stereocenters. The van der Waals surface area contributed by atoms with Crippen LogP contribution in [0, 0.1) is 3.57 Å². The molecule has 158 valence electrons. The summed E-state index contributed by atoms with van der Waals surface area (Å²) in [6, 6.07) is 10.2. The van der Waals surface area contributed by atoms with Crippen molar-refractivity contribution in [2.45, 2.75) is 29.5 Å². The molecule has 0 saturated carbocycles.